The number of aliphatic carboxylic acids is 1. The highest BCUT2D eigenvalue weighted by molar-refractivity contribution is 5.96. The molecular weight excluding hydrogens is 330 g/mol. The molecule has 1 aromatic rings. The smallest absolute Gasteiger partial charge is 0.334 e. The second-order valence-corrected chi connectivity index (χ2v) is 6.39. The van der Waals surface area contributed by atoms with Crippen LogP contribution in [0.4, 0.5) is 11.4 Å². The van der Waals surface area contributed by atoms with Gasteiger partial charge in [-0.2, -0.15) is 0 Å². The van der Waals surface area contributed by atoms with Gasteiger partial charge in [0.1, 0.15) is 5.69 Å². The summed E-state index contributed by atoms with van der Waals surface area (Å²) in [6.45, 7) is 1.83. The van der Waals surface area contributed by atoms with E-state index in [9.17, 15) is 19.7 Å². The highest BCUT2D eigenvalue weighted by Crippen LogP contribution is 2.32. The summed E-state index contributed by atoms with van der Waals surface area (Å²) >= 11 is 0. The van der Waals surface area contributed by atoms with Crippen LogP contribution in [0.1, 0.15) is 30.1 Å². The molecule has 0 radical (unpaired) electrons. The van der Waals surface area contributed by atoms with Crippen molar-refractivity contribution in [2.24, 2.45) is 0 Å². The van der Waals surface area contributed by atoms with Gasteiger partial charge in [0, 0.05) is 24.2 Å². The van der Waals surface area contributed by atoms with E-state index >= 15 is 0 Å². The summed E-state index contributed by atoms with van der Waals surface area (Å²) in [6.07, 6.45) is 0.420. The van der Waals surface area contributed by atoms with Crippen molar-refractivity contribution < 1.29 is 24.4 Å². The molecular formula is C16H19N3O6. The van der Waals surface area contributed by atoms with Crippen molar-refractivity contribution in [3.63, 3.8) is 0 Å². The summed E-state index contributed by atoms with van der Waals surface area (Å²) in [5.41, 5.74) is 0.392. The predicted octanol–water partition coefficient (Wildman–Crippen LogP) is 1.48. The van der Waals surface area contributed by atoms with Crippen LogP contribution in [0.2, 0.25) is 0 Å². The van der Waals surface area contributed by atoms with E-state index in [0.29, 0.717) is 5.69 Å². The number of anilines is 1. The van der Waals surface area contributed by atoms with Crippen LogP contribution in [0.15, 0.2) is 18.2 Å². The predicted molar refractivity (Wildman–Crippen MR) is 87.6 cm³/mol. The molecule has 2 aliphatic rings. The van der Waals surface area contributed by atoms with E-state index in [1.165, 1.54) is 23.1 Å². The van der Waals surface area contributed by atoms with Crippen LogP contribution in [0, 0.1) is 10.1 Å². The Labute approximate surface area is 143 Å². The monoisotopic (exact) mass is 349 g/mol. The maximum Gasteiger partial charge on any atom is 0.334 e. The fourth-order valence-electron chi connectivity index (χ4n) is 2.82. The third-order valence-corrected chi connectivity index (χ3v) is 4.20. The van der Waals surface area contributed by atoms with Crippen LogP contribution in [-0.4, -0.2) is 58.1 Å². The lowest BCUT2D eigenvalue weighted by Gasteiger charge is -2.35. The second-order valence-electron chi connectivity index (χ2n) is 6.39. The zero-order chi connectivity index (χ0) is 18.1. The van der Waals surface area contributed by atoms with E-state index in [1.54, 1.807) is 6.92 Å². The lowest BCUT2D eigenvalue weighted by molar-refractivity contribution is -0.384. The maximum absolute atomic E-state index is 12.7. The van der Waals surface area contributed by atoms with Gasteiger partial charge in [0.15, 0.2) is 6.10 Å². The molecule has 0 bridgehead atoms. The first kappa shape index (κ1) is 17.2. The molecule has 134 valence electrons. The molecule has 3 rings (SSSR count). The molecule has 9 nitrogen and oxygen atoms in total. The van der Waals surface area contributed by atoms with Crippen molar-refractivity contribution in [1.29, 1.82) is 0 Å². The molecule has 1 amide bonds. The van der Waals surface area contributed by atoms with Gasteiger partial charge >= 0.3 is 5.97 Å². The fourth-order valence-corrected chi connectivity index (χ4v) is 2.82. The molecule has 1 aromatic carbocycles. The summed E-state index contributed by atoms with van der Waals surface area (Å²) in [7, 11) is 0. The van der Waals surface area contributed by atoms with Gasteiger partial charge in [0.05, 0.1) is 17.6 Å². The molecule has 1 heterocycles. The van der Waals surface area contributed by atoms with E-state index < -0.39 is 29.0 Å². The number of carbonyl (C=O) groups is 2. The molecule has 9 heteroatoms. The molecule has 1 aliphatic carbocycles. The second kappa shape index (κ2) is 6.67. The molecule has 1 saturated heterocycles. The number of rotatable bonds is 5. The lowest BCUT2D eigenvalue weighted by Crippen LogP contribution is -2.51. The average molecular weight is 349 g/mol. The molecule has 2 atom stereocenters. The Kier molecular flexibility index (Phi) is 4.58. The van der Waals surface area contributed by atoms with E-state index in [4.69, 9.17) is 9.84 Å². The third-order valence-electron chi connectivity index (χ3n) is 4.20. The lowest BCUT2D eigenvalue weighted by atomic mass is 10.1. The Hall–Kier alpha value is -2.68. The number of carboxylic acid groups (broad SMARTS) is 1. The first-order chi connectivity index (χ1) is 11.8. The van der Waals surface area contributed by atoms with Crippen molar-refractivity contribution in [1.82, 2.24) is 4.90 Å². The molecule has 0 aromatic heterocycles. The van der Waals surface area contributed by atoms with Gasteiger partial charge in [-0.05, 0) is 31.9 Å². The van der Waals surface area contributed by atoms with Crippen molar-refractivity contribution in [2.45, 2.75) is 38.0 Å². The minimum atomic E-state index is -1.14. The maximum atomic E-state index is 12.7. The van der Waals surface area contributed by atoms with Crippen molar-refractivity contribution in [3.05, 3.63) is 33.9 Å². The van der Waals surface area contributed by atoms with E-state index in [2.05, 4.69) is 5.32 Å². The number of nitrogens with zero attached hydrogens (tertiary/aromatic N) is 2. The van der Waals surface area contributed by atoms with Gasteiger partial charge in [0.25, 0.3) is 11.6 Å². The SMILES string of the molecule is C[C@@H]1CN(C(=O)c2ccc(NC3CC3)c([N+](=O)[O-])c2)CC(C(=O)O)O1. The molecule has 1 unspecified atom stereocenters. The number of hydrogen-bond acceptors (Lipinski definition) is 6. The Bertz CT molecular complexity index is 718. The van der Waals surface area contributed by atoms with Crippen LogP contribution in [0.5, 0.6) is 0 Å². The summed E-state index contributed by atoms with van der Waals surface area (Å²) < 4.78 is 5.28. The number of benzene rings is 1. The number of nitro groups is 1. The van der Waals surface area contributed by atoms with Gasteiger partial charge in [-0.25, -0.2) is 4.79 Å². The van der Waals surface area contributed by atoms with Crippen LogP contribution >= 0.6 is 0 Å². The Balaban J connectivity index is 1.82. The topological polar surface area (TPSA) is 122 Å². The van der Waals surface area contributed by atoms with E-state index in [0.717, 1.165) is 12.8 Å². The third kappa shape index (κ3) is 3.87. The zero-order valence-electron chi connectivity index (χ0n) is 13.7. The number of carbonyl (C=O) groups excluding carboxylic acids is 1. The van der Waals surface area contributed by atoms with Crippen LogP contribution in [0.3, 0.4) is 0 Å². The van der Waals surface area contributed by atoms with Crippen molar-refractivity contribution in [2.75, 3.05) is 18.4 Å². The summed E-state index contributed by atoms with van der Waals surface area (Å²) in [5.74, 6) is -1.58. The standard InChI is InChI=1S/C16H19N3O6/c1-9-7-18(8-14(25-9)16(21)22)15(20)10-2-5-12(17-11-3-4-11)13(6-10)19(23)24/h2,5-6,9,11,14,17H,3-4,7-8H2,1H3,(H,21,22)/t9-,14?/m1/s1. The first-order valence-electron chi connectivity index (χ1n) is 8.07. The normalized spacial score (nSPS) is 23.2. The molecule has 1 saturated carbocycles. The minimum Gasteiger partial charge on any atom is -0.479 e. The molecule has 2 fully saturated rings. The fraction of sp³-hybridized carbons (Fsp3) is 0.500. The number of amides is 1. The van der Waals surface area contributed by atoms with Crippen LogP contribution in [-0.2, 0) is 9.53 Å². The molecule has 0 spiro atoms. The number of morpholine rings is 1. The first-order valence-corrected chi connectivity index (χ1v) is 8.07. The summed E-state index contributed by atoms with van der Waals surface area (Å²) in [4.78, 5) is 36.0. The largest absolute Gasteiger partial charge is 0.479 e. The molecule has 1 aliphatic heterocycles. The van der Waals surface area contributed by atoms with Gasteiger partial charge in [-0.3, -0.25) is 14.9 Å². The molecule has 2 N–H and O–H groups in total. The van der Waals surface area contributed by atoms with Crippen molar-refractivity contribution >= 4 is 23.3 Å². The van der Waals surface area contributed by atoms with E-state index in [-0.39, 0.29) is 30.4 Å². The minimum absolute atomic E-state index is 0.0889. The Morgan fingerprint density at radius 1 is 1.36 bits per heavy atom. The number of ether oxygens (including phenoxy) is 1. The Morgan fingerprint density at radius 2 is 2.08 bits per heavy atom. The van der Waals surface area contributed by atoms with Crippen molar-refractivity contribution in [3.8, 4) is 0 Å². The van der Waals surface area contributed by atoms with Gasteiger partial charge in [-0.1, -0.05) is 0 Å². The van der Waals surface area contributed by atoms with Gasteiger partial charge in [0.2, 0.25) is 0 Å². The number of nitrogens with one attached hydrogen (secondary N) is 1. The zero-order valence-corrected chi connectivity index (χ0v) is 13.7. The average Bonchev–Trinajstić information content (AvgIpc) is 3.37. The number of hydrogen-bond donors (Lipinski definition) is 2. The Morgan fingerprint density at radius 3 is 2.68 bits per heavy atom. The summed E-state index contributed by atoms with van der Waals surface area (Å²) in [5, 5.41) is 23.5. The van der Waals surface area contributed by atoms with E-state index in [1.807, 2.05) is 0 Å². The van der Waals surface area contributed by atoms with Gasteiger partial charge < -0.3 is 20.1 Å². The highest BCUT2D eigenvalue weighted by Gasteiger charge is 2.34. The van der Waals surface area contributed by atoms with Crippen LogP contribution < -0.4 is 5.32 Å². The van der Waals surface area contributed by atoms with Gasteiger partial charge in [-0.15, -0.1) is 0 Å². The highest BCUT2D eigenvalue weighted by atomic mass is 16.6. The summed E-state index contributed by atoms with van der Waals surface area (Å²) in [6, 6.07) is 4.54. The molecule has 25 heavy (non-hydrogen) atoms. The number of carboxylic acids is 1. The number of nitro benzene ring substituents is 1. The van der Waals surface area contributed by atoms with Crippen LogP contribution in [0.25, 0.3) is 0 Å². The quantitative estimate of drug-likeness (QED) is 0.610.